The molecule has 0 spiro atoms. The Morgan fingerprint density at radius 1 is 0.256 bits per heavy atom. The predicted molar refractivity (Wildman–Crippen MR) is 339 cm³/mol. The Morgan fingerprint density at radius 2 is 0.462 bits per heavy atom. The molecular weight excluding hydrogens is 961 g/mol. The zero-order valence-electron chi connectivity index (χ0n) is 51.9. The first kappa shape index (κ1) is 74.8. The van der Waals surface area contributed by atoms with E-state index in [1.807, 2.05) is 0 Å². The van der Waals surface area contributed by atoms with Gasteiger partial charge in [-0.1, -0.05) is 286 Å². The highest BCUT2D eigenvalue weighted by Crippen LogP contribution is 2.17. The largest absolute Gasteiger partial charge is 0.462 e. The van der Waals surface area contributed by atoms with Crippen molar-refractivity contribution in [3.8, 4) is 0 Å². The Morgan fingerprint density at radius 3 is 0.756 bits per heavy atom. The Kier molecular flexibility index (Phi) is 63.7. The maximum absolute atomic E-state index is 12.9. The first-order valence-corrected chi connectivity index (χ1v) is 33.9. The fourth-order valence-corrected chi connectivity index (χ4v) is 9.77. The molecule has 6 heteroatoms. The van der Waals surface area contributed by atoms with Crippen molar-refractivity contribution in [2.75, 3.05) is 13.2 Å². The molecule has 0 aromatic heterocycles. The molecule has 452 valence electrons. The monoisotopic (exact) mass is 1090 g/mol. The second-order valence-corrected chi connectivity index (χ2v) is 22.7. The topological polar surface area (TPSA) is 78.9 Å². The van der Waals surface area contributed by atoms with E-state index >= 15 is 0 Å². The Bertz CT molecular complexity index is 1440. The van der Waals surface area contributed by atoms with Gasteiger partial charge in [0.05, 0.1) is 0 Å². The van der Waals surface area contributed by atoms with E-state index in [1.165, 1.54) is 225 Å². The lowest BCUT2D eigenvalue weighted by molar-refractivity contribution is -0.167. The van der Waals surface area contributed by atoms with Gasteiger partial charge in [0.2, 0.25) is 0 Å². The molecule has 0 fully saturated rings. The zero-order chi connectivity index (χ0) is 56.4. The van der Waals surface area contributed by atoms with Crippen molar-refractivity contribution in [3.05, 3.63) is 72.9 Å². The van der Waals surface area contributed by atoms with Crippen LogP contribution in [0.15, 0.2) is 72.9 Å². The van der Waals surface area contributed by atoms with Crippen molar-refractivity contribution in [1.82, 2.24) is 0 Å². The quantitative estimate of drug-likeness (QED) is 0.0261. The summed E-state index contributed by atoms with van der Waals surface area (Å²) < 4.78 is 17.0. The van der Waals surface area contributed by atoms with Gasteiger partial charge in [0.1, 0.15) is 13.2 Å². The normalized spacial score (nSPS) is 12.5. The van der Waals surface area contributed by atoms with Crippen LogP contribution in [0.2, 0.25) is 0 Å². The minimum absolute atomic E-state index is 0.0801. The molecule has 0 aromatic rings. The summed E-state index contributed by atoms with van der Waals surface area (Å²) in [6, 6.07) is 0. The van der Waals surface area contributed by atoms with E-state index in [2.05, 4.69) is 93.7 Å². The summed E-state index contributed by atoms with van der Waals surface area (Å²) in [5.41, 5.74) is 0. The summed E-state index contributed by atoms with van der Waals surface area (Å²) >= 11 is 0. The van der Waals surface area contributed by atoms with Crippen LogP contribution >= 0.6 is 0 Å². The molecule has 0 amide bonds. The average molecular weight is 1090 g/mol. The van der Waals surface area contributed by atoms with Crippen LogP contribution in [0.5, 0.6) is 0 Å². The van der Waals surface area contributed by atoms with Crippen LogP contribution in [0.4, 0.5) is 0 Å². The third-order valence-corrected chi connectivity index (χ3v) is 14.9. The summed E-state index contributed by atoms with van der Waals surface area (Å²) in [5.74, 6) is -0.879. The number of rotatable bonds is 62. The van der Waals surface area contributed by atoms with Gasteiger partial charge in [0.25, 0.3) is 0 Å². The molecule has 0 saturated heterocycles. The molecule has 0 aliphatic heterocycles. The van der Waals surface area contributed by atoms with Crippen molar-refractivity contribution in [2.45, 2.75) is 354 Å². The standard InChI is InChI=1S/C72H128O6/c1-4-7-10-13-16-19-22-25-28-31-33-34-35-36-37-38-40-41-44-47-50-53-56-59-62-65-71(74)77-68-69(67-76-70(73)64-61-58-55-52-49-46-43-30-27-24-21-18-15-12-9-6-3)78-72(75)66-63-60-57-54-51-48-45-42-39-32-29-26-23-20-17-14-11-8-5-2/h17,20,22,25-26,29-31,33,35-36,43,69H,4-16,18-19,21,23-24,27-28,32,34,37-42,44-68H2,1-3H3/b20-17-,25-22-,29-26-,33-31-,36-35-,43-30-. The molecule has 78 heavy (non-hydrogen) atoms. The molecule has 0 aliphatic carbocycles. The van der Waals surface area contributed by atoms with Crippen molar-refractivity contribution < 1.29 is 28.6 Å². The lowest BCUT2D eigenvalue weighted by Gasteiger charge is -2.18. The fraction of sp³-hybridized carbons (Fsp3) is 0.792. The zero-order valence-corrected chi connectivity index (χ0v) is 51.9. The molecule has 0 heterocycles. The molecule has 0 rings (SSSR count). The number of hydrogen-bond acceptors (Lipinski definition) is 6. The third kappa shape index (κ3) is 63.7. The smallest absolute Gasteiger partial charge is 0.306 e. The van der Waals surface area contributed by atoms with Gasteiger partial charge in [-0.05, 0) is 116 Å². The van der Waals surface area contributed by atoms with E-state index < -0.39 is 6.10 Å². The average Bonchev–Trinajstić information content (AvgIpc) is 3.44. The summed E-state index contributed by atoms with van der Waals surface area (Å²) in [7, 11) is 0. The molecule has 0 radical (unpaired) electrons. The number of carbonyl (C=O) groups is 3. The molecule has 0 saturated carbocycles. The first-order valence-electron chi connectivity index (χ1n) is 33.9. The highest BCUT2D eigenvalue weighted by Gasteiger charge is 2.19. The van der Waals surface area contributed by atoms with Gasteiger partial charge in [-0.15, -0.1) is 0 Å². The maximum atomic E-state index is 12.9. The van der Waals surface area contributed by atoms with Crippen LogP contribution in [-0.4, -0.2) is 37.2 Å². The van der Waals surface area contributed by atoms with E-state index in [-0.39, 0.29) is 31.1 Å². The summed E-state index contributed by atoms with van der Waals surface area (Å²) in [6.07, 6.45) is 86.2. The molecule has 6 nitrogen and oxygen atoms in total. The lowest BCUT2D eigenvalue weighted by atomic mass is 10.0. The number of unbranched alkanes of at least 4 members (excludes halogenated alkanes) is 39. The Labute approximate surface area is 484 Å². The molecule has 0 N–H and O–H groups in total. The number of ether oxygens (including phenoxy) is 3. The fourth-order valence-electron chi connectivity index (χ4n) is 9.77. The maximum Gasteiger partial charge on any atom is 0.306 e. The van der Waals surface area contributed by atoms with Crippen molar-refractivity contribution >= 4 is 17.9 Å². The van der Waals surface area contributed by atoms with Gasteiger partial charge in [-0.3, -0.25) is 14.4 Å². The van der Waals surface area contributed by atoms with Gasteiger partial charge in [-0.25, -0.2) is 0 Å². The van der Waals surface area contributed by atoms with Gasteiger partial charge < -0.3 is 14.2 Å². The van der Waals surface area contributed by atoms with Gasteiger partial charge >= 0.3 is 17.9 Å². The van der Waals surface area contributed by atoms with Crippen LogP contribution < -0.4 is 0 Å². The lowest BCUT2D eigenvalue weighted by Crippen LogP contribution is -2.30. The highest BCUT2D eigenvalue weighted by atomic mass is 16.6. The van der Waals surface area contributed by atoms with Crippen LogP contribution in [0, 0.1) is 0 Å². The summed E-state index contributed by atoms with van der Waals surface area (Å²) in [4.78, 5) is 38.4. The molecule has 0 aliphatic rings. The second-order valence-electron chi connectivity index (χ2n) is 22.7. The van der Waals surface area contributed by atoms with E-state index in [1.54, 1.807) is 0 Å². The Hall–Kier alpha value is -3.15. The van der Waals surface area contributed by atoms with Gasteiger partial charge in [0.15, 0.2) is 6.10 Å². The van der Waals surface area contributed by atoms with Crippen molar-refractivity contribution in [1.29, 1.82) is 0 Å². The molecule has 0 bridgehead atoms. The minimum atomic E-state index is -0.784. The van der Waals surface area contributed by atoms with Crippen LogP contribution in [-0.2, 0) is 28.6 Å². The summed E-state index contributed by atoms with van der Waals surface area (Å²) in [5, 5.41) is 0. The second kappa shape index (κ2) is 66.4. The number of carbonyl (C=O) groups excluding carboxylic acids is 3. The molecule has 1 atom stereocenters. The SMILES string of the molecule is CCCCC/C=C\C/C=C\CCCCCCCCCCCC(=O)OC(COC(=O)CCCCCCC/C=C\CCCCCCCCC)COC(=O)CCCCCCCCCCCC/C=C\C/C=C\C/C=C\CCCCCCC. The molecule has 0 aromatic carbocycles. The van der Waals surface area contributed by atoms with Crippen molar-refractivity contribution in [2.24, 2.45) is 0 Å². The van der Waals surface area contributed by atoms with Crippen molar-refractivity contribution in [3.63, 3.8) is 0 Å². The minimum Gasteiger partial charge on any atom is -0.462 e. The predicted octanol–water partition coefficient (Wildman–Crippen LogP) is 23.3. The van der Waals surface area contributed by atoms with E-state index in [0.29, 0.717) is 19.3 Å². The summed E-state index contributed by atoms with van der Waals surface area (Å²) in [6.45, 7) is 6.63. The number of esters is 3. The van der Waals surface area contributed by atoms with Crippen LogP contribution in [0.3, 0.4) is 0 Å². The van der Waals surface area contributed by atoms with E-state index in [4.69, 9.17) is 14.2 Å². The first-order chi connectivity index (χ1) is 38.5. The molecular formula is C72H128O6. The van der Waals surface area contributed by atoms with Crippen LogP contribution in [0.25, 0.3) is 0 Å². The third-order valence-electron chi connectivity index (χ3n) is 14.9. The van der Waals surface area contributed by atoms with E-state index in [9.17, 15) is 14.4 Å². The van der Waals surface area contributed by atoms with Gasteiger partial charge in [-0.2, -0.15) is 0 Å². The Balaban J connectivity index is 4.35. The van der Waals surface area contributed by atoms with E-state index in [0.717, 1.165) is 83.5 Å². The molecule has 1 unspecified atom stereocenters. The van der Waals surface area contributed by atoms with Gasteiger partial charge in [0, 0.05) is 19.3 Å². The highest BCUT2D eigenvalue weighted by molar-refractivity contribution is 5.71. The number of hydrogen-bond donors (Lipinski definition) is 0. The van der Waals surface area contributed by atoms with Crippen LogP contribution in [0.1, 0.15) is 348 Å². The number of allylic oxidation sites excluding steroid dienone is 12.